The molecule has 19 heavy (non-hydrogen) atoms. The van der Waals surface area contributed by atoms with E-state index in [1.807, 2.05) is 0 Å². The van der Waals surface area contributed by atoms with E-state index in [4.69, 9.17) is 5.73 Å². The Kier molecular flexibility index (Phi) is 2.95. The summed E-state index contributed by atoms with van der Waals surface area (Å²) < 4.78 is 1.71. The Morgan fingerprint density at radius 1 is 1.37 bits per heavy atom. The molecule has 97 valence electrons. The summed E-state index contributed by atoms with van der Waals surface area (Å²) in [5, 5.41) is 4.09. The minimum atomic E-state index is -0.537. The van der Waals surface area contributed by atoms with Crippen LogP contribution in [0, 0.1) is 6.07 Å². The first-order valence-electron chi connectivity index (χ1n) is 6.32. The summed E-state index contributed by atoms with van der Waals surface area (Å²) in [4.78, 5) is 13.3. The van der Waals surface area contributed by atoms with Gasteiger partial charge in [-0.3, -0.25) is 9.48 Å². The summed E-state index contributed by atoms with van der Waals surface area (Å²) in [6.07, 6.45) is 2.76. The number of hydrogen-bond donors (Lipinski definition) is 1. The highest BCUT2D eigenvalue weighted by Gasteiger charge is 2.17. The van der Waals surface area contributed by atoms with E-state index in [2.05, 4.69) is 40.3 Å². The summed E-state index contributed by atoms with van der Waals surface area (Å²) in [5.74, 6) is -0.537. The third-order valence-electron chi connectivity index (χ3n) is 3.39. The number of amides is 1. The van der Waals surface area contributed by atoms with Crippen molar-refractivity contribution in [2.45, 2.75) is 13.0 Å². The van der Waals surface area contributed by atoms with Gasteiger partial charge in [0.05, 0.1) is 6.54 Å². The standard InChI is InChI=1S/C14H15N4O/c15-14(19)12-6-8-18(16-12)10-9-17-7-5-11-3-1-2-4-13(11)17/h1-4,8H,5,7,9-10H2,(H2,15,19). The summed E-state index contributed by atoms with van der Waals surface area (Å²) >= 11 is 0. The molecular weight excluding hydrogens is 240 g/mol. The average Bonchev–Trinajstić information content (AvgIpc) is 3.03. The predicted molar refractivity (Wildman–Crippen MR) is 71.9 cm³/mol. The molecule has 3 rings (SSSR count). The minimum Gasteiger partial charge on any atom is -0.369 e. The molecule has 0 saturated carbocycles. The second kappa shape index (κ2) is 4.76. The van der Waals surface area contributed by atoms with Crippen LogP contribution in [0.15, 0.2) is 30.5 Å². The lowest BCUT2D eigenvalue weighted by molar-refractivity contribution is 0.0994. The molecule has 0 fully saturated rings. The Morgan fingerprint density at radius 3 is 3.00 bits per heavy atom. The Morgan fingerprint density at radius 2 is 2.21 bits per heavy atom. The third kappa shape index (κ3) is 2.31. The van der Waals surface area contributed by atoms with Crippen molar-refractivity contribution in [1.82, 2.24) is 9.78 Å². The number of nitrogens with zero attached hydrogens (tertiary/aromatic N) is 3. The number of rotatable bonds is 4. The summed E-state index contributed by atoms with van der Waals surface area (Å²) in [6.45, 7) is 2.62. The van der Waals surface area contributed by atoms with Gasteiger partial charge >= 0.3 is 0 Å². The zero-order chi connectivity index (χ0) is 13.2. The lowest BCUT2D eigenvalue weighted by Gasteiger charge is -2.19. The van der Waals surface area contributed by atoms with E-state index < -0.39 is 5.91 Å². The van der Waals surface area contributed by atoms with Crippen molar-refractivity contribution < 1.29 is 4.79 Å². The van der Waals surface area contributed by atoms with Crippen molar-refractivity contribution in [3.8, 4) is 0 Å². The van der Waals surface area contributed by atoms with Crippen LogP contribution >= 0.6 is 0 Å². The number of nitrogens with two attached hydrogens (primary N) is 1. The Balaban J connectivity index is 1.65. The van der Waals surface area contributed by atoms with Crippen LogP contribution in [0.3, 0.4) is 0 Å². The van der Waals surface area contributed by atoms with E-state index in [1.54, 1.807) is 10.9 Å². The summed E-state index contributed by atoms with van der Waals surface area (Å²) in [6, 6.07) is 11.2. The summed E-state index contributed by atoms with van der Waals surface area (Å²) in [5.41, 5.74) is 8.04. The fourth-order valence-corrected chi connectivity index (χ4v) is 2.42. The first-order chi connectivity index (χ1) is 9.24. The fourth-order valence-electron chi connectivity index (χ4n) is 2.42. The maximum absolute atomic E-state index is 10.9. The van der Waals surface area contributed by atoms with E-state index in [0.717, 1.165) is 26.1 Å². The van der Waals surface area contributed by atoms with Gasteiger partial charge in [-0.1, -0.05) is 18.2 Å². The van der Waals surface area contributed by atoms with Gasteiger partial charge in [-0.15, -0.1) is 0 Å². The lowest BCUT2D eigenvalue weighted by Crippen LogP contribution is -2.25. The second-order valence-corrected chi connectivity index (χ2v) is 4.62. The molecule has 5 heteroatoms. The highest BCUT2D eigenvalue weighted by Crippen LogP contribution is 2.26. The molecule has 1 aliphatic rings. The Labute approximate surface area is 111 Å². The number of aromatic nitrogens is 2. The molecule has 0 atom stereocenters. The van der Waals surface area contributed by atoms with Gasteiger partial charge in [-0.2, -0.15) is 5.10 Å². The van der Waals surface area contributed by atoms with Crippen molar-refractivity contribution in [3.05, 3.63) is 47.8 Å². The lowest BCUT2D eigenvalue weighted by atomic mass is 10.2. The number of carbonyl (C=O) groups excluding carboxylic acids is 1. The average molecular weight is 255 g/mol. The monoisotopic (exact) mass is 255 g/mol. The highest BCUT2D eigenvalue weighted by molar-refractivity contribution is 5.90. The molecule has 0 unspecified atom stereocenters. The number of hydrogen-bond acceptors (Lipinski definition) is 3. The van der Waals surface area contributed by atoms with Gasteiger partial charge in [0.1, 0.15) is 0 Å². The zero-order valence-corrected chi connectivity index (χ0v) is 10.5. The van der Waals surface area contributed by atoms with Crippen LogP contribution in [0.1, 0.15) is 16.1 Å². The molecule has 0 spiro atoms. The van der Waals surface area contributed by atoms with Crippen molar-refractivity contribution in [2.75, 3.05) is 18.0 Å². The van der Waals surface area contributed by atoms with Crippen LogP contribution in [-0.4, -0.2) is 28.8 Å². The Hall–Kier alpha value is -2.30. The van der Waals surface area contributed by atoms with Crippen LogP contribution < -0.4 is 10.6 Å². The van der Waals surface area contributed by atoms with E-state index in [-0.39, 0.29) is 5.69 Å². The largest absolute Gasteiger partial charge is 0.369 e. The maximum atomic E-state index is 10.9. The number of carbonyl (C=O) groups is 1. The van der Waals surface area contributed by atoms with Crippen LogP contribution in [0.5, 0.6) is 0 Å². The first-order valence-corrected chi connectivity index (χ1v) is 6.32. The van der Waals surface area contributed by atoms with Gasteiger partial charge in [0, 0.05) is 31.0 Å². The van der Waals surface area contributed by atoms with Crippen LogP contribution in [0.25, 0.3) is 0 Å². The molecule has 0 aliphatic carbocycles. The van der Waals surface area contributed by atoms with Gasteiger partial charge in [0.25, 0.3) is 5.91 Å². The number of para-hydroxylation sites is 1. The molecule has 1 aromatic carbocycles. The van der Waals surface area contributed by atoms with Gasteiger partial charge in [-0.05, 0) is 18.1 Å². The SMILES string of the molecule is NC(=O)c1[c]cn(CCN2CCc3ccccc32)n1. The van der Waals surface area contributed by atoms with Gasteiger partial charge in [-0.25, -0.2) is 0 Å². The maximum Gasteiger partial charge on any atom is 0.269 e. The van der Waals surface area contributed by atoms with Crippen molar-refractivity contribution in [3.63, 3.8) is 0 Å². The fraction of sp³-hybridized carbons (Fsp3) is 0.286. The number of primary amides is 1. The molecule has 2 aromatic rings. The quantitative estimate of drug-likeness (QED) is 0.880. The molecule has 2 N–H and O–H groups in total. The smallest absolute Gasteiger partial charge is 0.269 e. The normalized spacial score (nSPS) is 13.6. The number of fused-ring (bicyclic) bond motifs is 1. The molecule has 0 bridgehead atoms. The van der Waals surface area contributed by atoms with E-state index >= 15 is 0 Å². The molecule has 1 aromatic heterocycles. The van der Waals surface area contributed by atoms with Crippen LogP contribution in [0.4, 0.5) is 5.69 Å². The van der Waals surface area contributed by atoms with Crippen LogP contribution in [0.2, 0.25) is 0 Å². The molecular formula is C14H15N4O. The second-order valence-electron chi connectivity index (χ2n) is 4.62. The molecule has 2 heterocycles. The van der Waals surface area contributed by atoms with E-state index in [0.29, 0.717) is 0 Å². The molecule has 0 saturated heterocycles. The topological polar surface area (TPSA) is 64.2 Å². The van der Waals surface area contributed by atoms with Gasteiger partial charge in [0.15, 0.2) is 5.69 Å². The molecule has 1 radical (unpaired) electrons. The van der Waals surface area contributed by atoms with Gasteiger partial charge in [0.2, 0.25) is 0 Å². The summed E-state index contributed by atoms with van der Waals surface area (Å²) in [7, 11) is 0. The van der Waals surface area contributed by atoms with Crippen LogP contribution in [-0.2, 0) is 13.0 Å². The molecule has 1 aliphatic heterocycles. The minimum absolute atomic E-state index is 0.196. The Bertz CT molecular complexity index is 605. The molecule has 1 amide bonds. The van der Waals surface area contributed by atoms with Crippen molar-refractivity contribution in [1.29, 1.82) is 0 Å². The van der Waals surface area contributed by atoms with Crippen molar-refractivity contribution in [2.24, 2.45) is 5.73 Å². The third-order valence-corrected chi connectivity index (χ3v) is 3.39. The van der Waals surface area contributed by atoms with E-state index in [9.17, 15) is 4.79 Å². The zero-order valence-electron chi connectivity index (χ0n) is 10.5. The molecule has 5 nitrogen and oxygen atoms in total. The van der Waals surface area contributed by atoms with Gasteiger partial charge < -0.3 is 10.6 Å². The number of benzene rings is 1. The number of anilines is 1. The van der Waals surface area contributed by atoms with Crippen molar-refractivity contribution >= 4 is 11.6 Å². The predicted octanol–water partition coefficient (Wildman–Crippen LogP) is 0.845. The first kappa shape index (κ1) is 11.8. The van der Waals surface area contributed by atoms with E-state index in [1.165, 1.54) is 11.3 Å². The highest BCUT2D eigenvalue weighted by atomic mass is 16.1.